The van der Waals surface area contributed by atoms with Gasteiger partial charge in [0.15, 0.2) is 0 Å². The molecule has 2 heterocycles. The van der Waals surface area contributed by atoms with E-state index >= 15 is 0 Å². The Morgan fingerprint density at radius 2 is 1.88 bits per heavy atom. The average molecular weight is 345 g/mol. The number of benzene rings is 1. The zero-order valence-corrected chi connectivity index (χ0v) is 14.5. The number of nitrogens with one attached hydrogen (secondary N) is 1. The molecule has 3 rings (SSSR count). The number of carbonyl (C=O) groups excluding carboxylic acids is 1. The van der Waals surface area contributed by atoms with Crippen LogP contribution in [0.15, 0.2) is 30.3 Å². The Morgan fingerprint density at radius 1 is 1.17 bits per heavy atom. The van der Waals surface area contributed by atoms with Gasteiger partial charge >= 0.3 is 0 Å². The van der Waals surface area contributed by atoms with Gasteiger partial charge in [0.2, 0.25) is 0 Å². The lowest BCUT2D eigenvalue weighted by molar-refractivity contribution is 0.0718. The second kappa shape index (κ2) is 7.62. The lowest BCUT2D eigenvalue weighted by atomic mass is 10.1. The highest BCUT2D eigenvalue weighted by molar-refractivity contribution is 6.30. The van der Waals surface area contributed by atoms with Crippen molar-refractivity contribution < 1.29 is 4.79 Å². The van der Waals surface area contributed by atoms with E-state index in [9.17, 15) is 4.79 Å². The first-order valence-electron chi connectivity index (χ1n) is 8.25. The summed E-state index contributed by atoms with van der Waals surface area (Å²) in [5, 5.41) is 3.97. The van der Waals surface area contributed by atoms with E-state index in [-0.39, 0.29) is 5.91 Å². The summed E-state index contributed by atoms with van der Waals surface area (Å²) in [4.78, 5) is 23.2. The van der Waals surface area contributed by atoms with Crippen LogP contribution in [0, 0.1) is 6.92 Å². The van der Waals surface area contributed by atoms with Crippen LogP contribution in [0.4, 0.5) is 5.82 Å². The van der Waals surface area contributed by atoms with Gasteiger partial charge in [0.05, 0.1) is 0 Å². The van der Waals surface area contributed by atoms with E-state index in [0.29, 0.717) is 28.9 Å². The number of hydrogen-bond donors (Lipinski definition) is 1. The van der Waals surface area contributed by atoms with Crippen molar-refractivity contribution in [2.75, 3.05) is 18.4 Å². The minimum atomic E-state index is -0.00487. The van der Waals surface area contributed by atoms with Gasteiger partial charge in [-0.15, -0.1) is 0 Å². The molecule has 1 amide bonds. The van der Waals surface area contributed by atoms with Crippen LogP contribution in [0.2, 0.25) is 5.02 Å². The van der Waals surface area contributed by atoms with E-state index in [1.807, 2.05) is 29.2 Å². The maximum absolute atomic E-state index is 12.6. The van der Waals surface area contributed by atoms with E-state index in [0.717, 1.165) is 31.5 Å². The van der Waals surface area contributed by atoms with Crippen LogP contribution in [0.1, 0.15) is 41.1 Å². The SMILES string of the molecule is Cc1nc(NCc2ccc(Cl)cc2)cc(C(=O)N2CCCCC2)n1. The fraction of sp³-hybridized carbons (Fsp3) is 0.389. The van der Waals surface area contributed by atoms with Crippen molar-refractivity contribution in [3.05, 3.63) is 52.4 Å². The smallest absolute Gasteiger partial charge is 0.272 e. The van der Waals surface area contributed by atoms with Crippen LogP contribution in [0.25, 0.3) is 0 Å². The van der Waals surface area contributed by atoms with Crippen LogP contribution in [-0.4, -0.2) is 33.9 Å². The standard InChI is InChI=1S/C18H21ClN4O/c1-13-21-16(18(24)23-9-3-2-4-10-23)11-17(22-13)20-12-14-5-7-15(19)8-6-14/h5-8,11H,2-4,9-10,12H2,1H3,(H,20,21,22). The number of halogens is 1. The largest absolute Gasteiger partial charge is 0.366 e. The zero-order chi connectivity index (χ0) is 16.9. The molecule has 1 aliphatic rings. The highest BCUT2D eigenvalue weighted by Gasteiger charge is 2.20. The number of piperidine rings is 1. The number of hydrogen-bond acceptors (Lipinski definition) is 4. The molecule has 0 bridgehead atoms. The number of nitrogens with zero attached hydrogens (tertiary/aromatic N) is 3. The van der Waals surface area contributed by atoms with Gasteiger partial charge in [-0.1, -0.05) is 23.7 Å². The monoisotopic (exact) mass is 344 g/mol. The van der Waals surface area contributed by atoms with E-state index in [4.69, 9.17) is 11.6 Å². The van der Waals surface area contributed by atoms with Gasteiger partial charge < -0.3 is 10.2 Å². The lowest BCUT2D eigenvalue weighted by Crippen LogP contribution is -2.36. The first-order valence-corrected chi connectivity index (χ1v) is 8.63. The van der Waals surface area contributed by atoms with Crippen molar-refractivity contribution in [2.45, 2.75) is 32.7 Å². The molecule has 0 saturated carbocycles. The summed E-state index contributed by atoms with van der Waals surface area (Å²) in [6.45, 7) is 4.05. The second-order valence-electron chi connectivity index (χ2n) is 6.02. The summed E-state index contributed by atoms with van der Waals surface area (Å²) < 4.78 is 0. The molecule has 1 aromatic carbocycles. The first kappa shape index (κ1) is 16.7. The summed E-state index contributed by atoms with van der Waals surface area (Å²) in [6.07, 6.45) is 3.33. The van der Waals surface area contributed by atoms with Crippen molar-refractivity contribution in [1.82, 2.24) is 14.9 Å². The number of aromatic nitrogens is 2. The fourth-order valence-corrected chi connectivity index (χ4v) is 2.95. The lowest BCUT2D eigenvalue weighted by Gasteiger charge is -2.26. The van der Waals surface area contributed by atoms with Gasteiger partial charge in [-0.25, -0.2) is 9.97 Å². The molecule has 0 spiro atoms. The third kappa shape index (κ3) is 4.23. The Hall–Kier alpha value is -2.14. The molecule has 1 N–H and O–H groups in total. The van der Waals surface area contributed by atoms with E-state index in [1.54, 1.807) is 13.0 Å². The van der Waals surface area contributed by atoms with Crippen molar-refractivity contribution in [1.29, 1.82) is 0 Å². The van der Waals surface area contributed by atoms with Gasteiger partial charge in [0, 0.05) is 30.7 Å². The Labute approximate surface area is 147 Å². The average Bonchev–Trinajstić information content (AvgIpc) is 2.61. The molecule has 0 radical (unpaired) electrons. The van der Waals surface area contributed by atoms with Crippen molar-refractivity contribution >= 4 is 23.3 Å². The normalized spacial score (nSPS) is 14.5. The molecule has 0 aliphatic carbocycles. The van der Waals surface area contributed by atoms with Crippen LogP contribution in [0.5, 0.6) is 0 Å². The molecule has 1 fully saturated rings. The number of aryl methyl sites for hydroxylation is 1. The third-order valence-corrected chi connectivity index (χ3v) is 4.34. The van der Waals surface area contributed by atoms with E-state index in [2.05, 4.69) is 15.3 Å². The van der Waals surface area contributed by atoms with Crippen LogP contribution in [0.3, 0.4) is 0 Å². The fourth-order valence-electron chi connectivity index (χ4n) is 2.82. The van der Waals surface area contributed by atoms with Gasteiger partial charge in [-0.2, -0.15) is 0 Å². The molecule has 2 aromatic rings. The molecular weight excluding hydrogens is 324 g/mol. The molecule has 24 heavy (non-hydrogen) atoms. The minimum absolute atomic E-state index is 0.00487. The summed E-state index contributed by atoms with van der Waals surface area (Å²) in [7, 11) is 0. The first-order chi connectivity index (χ1) is 11.6. The zero-order valence-electron chi connectivity index (χ0n) is 13.8. The molecule has 126 valence electrons. The summed E-state index contributed by atoms with van der Waals surface area (Å²) >= 11 is 5.90. The topological polar surface area (TPSA) is 58.1 Å². The van der Waals surface area contributed by atoms with Gasteiger partial charge in [-0.05, 0) is 43.9 Å². The molecule has 1 aromatic heterocycles. The maximum Gasteiger partial charge on any atom is 0.272 e. The molecule has 5 nitrogen and oxygen atoms in total. The highest BCUT2D eigenvalue weighted by Crippen LogP contribution is 2.15. The Bertz CT molecular complexity index is 711. The Balaban J connectivity index is 1.71. The van der Waals surface area contributed by atoms with E-state index < -0.39 is 0 Å². The van der Waals surface area contributed by atoms with Crippen molar-refractivity contribution in [3.63, 3.8) is 0 Å². The van der Waals surface area contributed by atoms with Gasteiger partial charge in [0.25, 0.3) is 5.91 Å². The summed E-state index contributed by atoms with van der Waals surface area (Å²) in [6, 6.07) is 9.37. The number of likely N-dealkylation sites (tertiary alicyclic amines) is 1. The molecule has 0 unspecified atom stereocenters. The number of rotatable bonds is 4. The molecular formula is C18H21ClN4O. The van der Waals surface area contributed by atoms with Crippen molar-refractivity contribution in [2.24, 2.45) is 0 Å². The molecule has 1 saturated heterocycles. The Morgan fingerprint density at radius 3 is 2.58 bits per heavy atom. The quantitative estimate of drug-likeness (QED) is 0.919. The predicted molar refractivity (Wildman–Crippen MR) is 95.3 cm³/mol. The molecule has 0 atom stereocenters. The van der Waals surface area contributed by atoms with Crippen LogP contribution < -0.4 is 5.32 Å². The molecule has 1 aliphatic heterocycles. The summed E-state index contributed by atoms with van der Waals surface area (Å²) in [5.74, 6) is 1.25. The van der Waals surface area contributed by atoms with Crippen molar-refractivity contribution in [3.8, 4) is 0 Å². The number of carbonyl (C=O) groups is 1. The Kier molecular flexibility index (Phi) is 5.30. The third-order valence-electron chi connectivity index (χ3n) is 4.09. The number of amides is 1. The van der Waals surface area contributed by atoms with Crippen LogP contribution >= 0.6 is 11.6 Å². The maximum atomic E-state index is 12.6. The molecule has 6 heteroatoms. The van der Waals surface area contributed by atoms with Crippen LogP contribution in [-0.2, 0) is 6.54 Å². The highest BCUT2D eigenvalue weighted by atomic mass is 35.5. The predicted octanol–water partition coefficient (Wildman–Crippen LogP) is 3.68. The summed E-state index contributed by atoms with van der Waals surface area (Å²) in [5.41, 5.74) is 1.56. The second-order valence-corrected chi connectivity index (χ2v) is 6.45. The number of anilines is 1. The minimum Gasteiger partial charge on any atom is -0.366 e. The van der Waals surface area contributed by atoms with E-state index in [1.165, 1.54) is 6.42 Å². The van der Waals surface area contributed by atoms with Gasteiger partial charge in [0.1, 0.15) is 17.3 Å². The van der Waals surface area contributed by atoms with Gasteiger partial charge in [-0.3, -0.25) is 4.79 Å².